The van der Waals surface area contributed by atoms with Crippen molar-refractivity contribution in [2.75, 3.05) is 7.11 Å². The van der Waals surface area contributed by atoms with Crippen LogP contribution in [0, 0.1) is 10.1 Å². The van der Waals surface area contributed by atoms with Gasteiger partial charge in [-0.1, -0.05) is 23.5 Å². The van der Waals surface area contributed by atoms with Crippen LogP contribution in [0.4, 0.5) is 5.69 Å². The van der Waals surface area contributed by atoms with E-state index in [0.717, 1.165) is 11.3 Å². The van der Waals surface area contributed by atoms with Crippen LogP contribution in [-0.2, 0) is 0 Å². The Morgan fingerprint density at radius 1 is 1.35 bits per heavy atom. The van der Waals surface area contributed by atoms with Gasteiger partial charge in [-0.05, 0) is 19.1 Å². The Balaban J connectivity index is 2.39. The molecule has 6 nitrogen and oxygen atoms in total. The van der Waals surface area contributed by atoms with Gasteiger partial charge in [0.1, 0.15) is 0 Å². The SMILES string of the molecule is COc1ccccc1Oc1sc([C@@H](C)O)cc1[N+](=O)[O-]. The van der Waals surface area contributed by atoms with E-state index < -0.39 is 11.0 Å². The molecular formula is C13H13NO5S. The van der Waals surface area contributed by atoms with Gasteiger partial charge in [0.25, 0.3) is 5.06 Å². The van der Waals surface area contributed by atoms with Gasteiger partial charge in [-0.3, -0.25) is 10.1 Å². The van der Waals surface area contributed by atoms with Gasteiger partial charge in [-0.15, -0.1) is 0 Å². The highest BCUT2D eigenvalue weighted by Gasteiger charge is 2.23. The lowest BCUT2D eigenvalue weighted by Gasteiger charge is -2.07. The Labute approximate surface area is 119 Å². The average molecular weight is 295 g/mol. The first-order valence-electron chi connectivity index (χ1n) is 5.80. The number of benzene rings is 1. The van der Waals surface area contributed by atoms with Crippen LogP contribution in [0.1, 0.15) is 17.9 Å². The Bertz CT molecular complexity index is 623. The fourth-order valence-electron chi connectivity index (χ4n) is 1.59. The minimum absolute atomic E-state index is 0.121. The van der Waals surface area contributed by atoms with Crippen LogP contribution >= 0.6 is 11.3 Å². The molecular weight excluding hydrogens is 282 g/mol. The van der Waals surface area contributed by atoms with Crippen LogP contribution in [0.2, 0.25) is 0 Å². The Morgan fingerprint density at radius 3 is 2.55 bits per heavy atom. The molecule has 0 aliphatic carbocycles. The van der Waals surface area contributed by atoms with Gasteiger partial charge in [0.15, 0.2) is 11.5 Å². The Kier molecular flexibility index (Phi) is 4.21. The fraction of sp³-hybridized carbons (Fsp3) is 0.231. The van der Waals surface area contributed by atoms with Gasteiger partial charge >= 0.3 is 5.69 Å². The molecule has 0 spiro atoms. The van der Waals surface area contributed by atoms with E-state index in [9.17, 15) is 15.2 Å². The van der Waals surface area contributed by atoms with Crippen molar-refractivity contribution in [2.45, 2.75) is 13.0 Å². The van der Waals surface area contributed by atoms with Gasteiger partial charge in [0.2, 0.25) is 0 Å². The summed E-state index contributed by atoms with van der Waals surface area (Å²) in [5, 5.41) is 20.7. The van der Waals surface area contributed by atoms with Crippen LogP contribution in [0.25, 0.3) is 0 Å². The lowest BCUT2D eigenvalue weighted by Crippen LogP contribution is -1.91. The molecule has 0 aliphatic heterocycles. The number of aliphatic hydroxyl groups excluding tert-OH is 1. The second-order valence-corrected chi connectivity index (χ2v) is 5.05. The third-order valence-corrected chi connectivity index (χ3v) is 3.75. The second-order valence-electron chi connectivity index (χ2n) is 4.01. The summed E-state index contributed by atoms with van der Waals surface area (Å²) >= 11 is 1.04. The van der Waals surface area contributed by atoms with Crippen molar-refractivity contribution in [1.29, 1.82) is 0 Å². The molecule has 0 amide bonds. The first-order chi connectivity index (χ1) is 9.52. The highest BCUT2D eigenvalue weighted by atomic mass is 32.1. The van der Waals surface area contributed by atoms with E-state index in [1.54, 1.807) is 31.2 Å². The Morgan fingerprint density at radius 2 is 2.00 bits per heavy atom. The lowest BCUT2D eigenvalue weighted by atomic mass is 10.3. The summed E-state index contributed by atoms with van der Waals surface area (Å²) in [6.45, 7) is 1.54. The van der Waals surface area contributed by atoms with Gasteiger partial charge in [-0.25, -0.2) is 0 Å². The number of methoxy groups -OCH3 is 1. The number of nitro groups is 1. The Hall–Kier alpha value is -2.12. The molecule has 0 saturated carbocycles. The van der Waals surface area contributed by atoms with Gasteiger partial charge < -0.3 is 14.6 Å². The molecule has 1 heterocycles. The highest BCUT2D eigenvalue weighted by molar-refractivity contribution is 7.14. The molecule has 1 aromatic heterocycles. The molecule has 2 rings (SSSR count). The molecule has 1 N–H and O–H groups in total. The standard InChI is InChI=1S/C13H13NO5S/c1-8(15)12-7-9(14(16)17)13(20-12)19-11-6-4-3-5-10(11)18-2/h3-8,15H,1-2H3/t8-/m1/s1. The lowest BCUT2D eigenvalue weighted by molar-refractivity contribution is -0.385. The summed E-state index contributed by atoms with van der Waals surface area (Å²) in [4.78, 5) is 11.0. The molecule has 1 atom stereocenters. The maximum Gasteiger partial charge on any atom is 0.323 e. The number of rotatable bonds is 5. The molecule has 1 aromatic carbocycles. The van der Waals surface area contributed by atoms with E-state index in [-0.39, 0.29) is 10.8 Å². The zero-order valence-electron chi connectivity index (χ0n) is 10.9. The average Bonchev–Trinajstić information content (AvgIpc) is 2.84. The fourth-order valence-corrected chi connectivity index (χ4v) is 2.52. The van der Waals surface area contributed by atoms with Crippen molar-refractivity contribution in [3.63, 3.8) is 0 Å². The van der Waals surface area contributed by atoms with Crippen molar-refractivity contribution in [3.05, 3.63) is 45.3 Å². The molecule has 7 heteroatoms. The van der Waals surface area contributed by atoms with E-state index in [0.29, 0.717) is 16.4 Å². The molecule has 2 aromatic rings. The summed E-state index contributed by atoms with van der Waals surface area (Å²) in [5.41, 5.74) is -0.170. The van der Waals surface area contributed by atoms with Crippen LogP contribution in [0.15, 0.2) is 30.3 Å². The van der Waals surface area contributed by atoms with Crippen molar-refractivity contribution in [3.8, 4) is 16.6 Å². The topological polar surface area (TPSA) is 81.8 Å². The van der Waals surface area contributed by atoms with Crippen molar-refractivity contribution >= 4 is 17.0 Å². The number of hydrogen-bond donors (Lipinski definition) is 1. The minimum atomic E-state index is -0.784. The number of ether oxygens (including phenoxy) is 2. The van der Waals surface area contributed by atoms with E-state index in [1.807, 2.05) is 0 Å². The van der Waals surface area contributed by atoms with Crippen molar-refractivity contribution < 1.29 is 19.5 Å². The summed E-state index contributed by atoms with van der Waals surface area (Å²) in [5.74, 6) is 0.867. The molecule has 106 valence electrons. The smallest absolute Gasteiger partial charge is 0.323 e. The molecule has 0 unspecified atom stereocenters. The summed E-state index contributed by atoms with van der Waals surface area (Å²) in [6, 6.07) is 8.19. The van der Waals surface area contributed by atoms with E-state index in [4.69, 9.17) is 9.47 Å². The molecule has 20 heavy (non-hydrogen) atoms. The molecule has 0 aliphatic rings. The monoisotopic (exact) mass is 295 g/mol. The number of thiophene rings is 1. The molecule has 0 saturated heterocycles. The van der Waals surface area contributed by atoms with Crippen molar-refractivity contribution in [2.24, 2.45) is 0 Å². The van der Waals surface area contributed by atoms with Crippen LogP contribution in [-0.4, -0.2) is 17.1 Å². The zero-order chi connectivity index (χ0) is 14.7. The van der Waals surface area contributed by atoms with Gasteiger partial charge in [-0.2, -0.15) is 0 Å². The predicted molar refractivity (Wildman–Crippen MR) is 74.7 cm³/mol. The minimum Gasteiger partial charge on any atom is -0.493 e. The van der Waals surface area contributed by atoms with E-state index in [2.05, 4.69) is 0 Å². The predicted octanol–water partition coefficient (Wildman–Crippen LogP) is 3.51. The van der Waals surface area contributed by atoms with E-state index in [1.165, 1.54) is 13.2 Å². The molecule has 0 bridgehead atoms. The normalized spacial score (nSPS) is 11.9. The van der Waals surface area contributed by atoms with Crippen LogP contribution in [0.3, 0.4) is 0 Å². The van der Waals surface area contributed by atoms with Crippen molar-refractivity contribution in [1.82, 2.24) is 0 Å². The number of nitrogens with zero attached hydrogens (tertiary/aromatic N) is 1. The largest absolute Gasteiger partial charge is 0.493 e. The summed E-state index contributed by atoms with van der Waals surface area (Å²) in [7, 11) is 1.49. The van der Waals surface area contributed by atoms with E-state index >= 15 is 0 Å². The van der Waals surface area contributed by atoms with Gasteiger partial charge in [0, 0.05) is 10.9 Å². The number of para-hydroxylation sites is 2. The number of hydrogen-bond acceptors (Lipinski definition) is 6. The third kappa shape index (κ3) is 2.89. The van der Waals surface area contributed by atoms with Crippen LogP contribution < -0.4 is 9.47 Å². The zero-order valence-corrected chi connectivity index (χ0v) is 11.7. The third-order valence-electron chi connectivity index (χ3n) is 2.58. The first-order valence-corrected chi connectivity index (χ1v) is 6.61. The summed E-state index contributed by atoms with van der Waals surface area (Å²) in [6.07, 6.45) is -0.784. The highest BCUT2D eigenvalue weighted by Crippen LogP contribution is 2.43. The quantitative estimate of drug-likeness (QED) is 0.674. The molecule has 0 radical (unpaired) electrons. The summed E-state index contributed by atoms with van der Waals surface area (Å²) < 4.78 is 10.7. The second kappa shape index (κ2) is 5.89. The molecule has 0 fully saturated rings. The van der Waals surface area contributed by atoms with Gasteiger partial charge in [0.05, 0.1) is 18.1 Å². The number of aliphatic hydroxyl groups is 1. The maximum atomic E-state index is 11.0. The first kappa shape index (κ1) is 14.3. The van der Waals surface area contributed by atoms with Crippen LogP contribution in [0.5, 0.6) is 16.6 Å². The maximum absolute atomic E-state index is 11.0.